The molecule has 3 rings (SSSR count). The summed E-state index contributed by atoms with van der Waals surface area (Å²) >= 11 is 5.82. The van der Waals surface area contributed by atoms with Crippen molar-refractivity contribution >= 4 is 23.4 Å². The first-order chi connectivity index (χ1) is 7.66. The third kappa shape index (κ3) is 1.43. The number of hydrogen-bond donors (Lipinski definition) is 0. The molecule has 0 N–H and O–H groups in total. The second kappa shape index (κ2) is 3.32. The van der Waals surface area contributed by atoms with Crippen molar-refractivity contribution in [2.24, 2.45) is 5.92 Å². The number of hydrogen-bond acceptors (Lipinski definition) is 2. The quantitative estimate of drug-likeness (QED) is 0.738. The summed E-state index contributed by atoms with van der Waals surface area (Å²) in [5.74, 6) is 0.135. The predicted octanol–water partition coefficient (Wildman–Crippen LogP) is 2.35. The largest absolute Gasteiger partial charge is 0.274 e. The molecule has 0 unspecified atom stereocenters. The molecular weight excluding hydrogens is 226 g/mol. The molecular formula is C12H10ClNO2. The highest BCUT2D eigenvalue weighted by Crippen LogP contribution is 2.33. The Bertz CT molecular complexity index is 494. The van der Waals surface area contributed by atoms with Gasteiger partial charge >= 0.3 is 0 Å². The van der Waals surface area contributed by atoms with Crippen LogP contribution >= 0.6 is 11.6 Å². The van der Waals surface area contributed by atoms with Crippen molar-refractivity contribution in [2.75, 3.05) is 6.54 Å². The van der Waals surface area contributed by atoms with E-state index in [9.17, 15) is 9.59 Å². The zero-order valence-electron chi connectivity index (χ0n) is 8.57. The number of carbonyl (C=O) groups excluding carboxylic acids is 2. The lowest BCUT2D eigenvalue weighted by Gasteiger charge is -2.12. The number of benzene rings is 1. The molecule has 1 fully saturated rings. The Kier molecular flexibility index (Phi) is 2.04. The Morgan fingerprint density at radius 2 is 1.88 bits per heavy atom. The second-order valence-electron chi connectivity index (χ2n) is 4.35. The Morgan fingerprint density at radius 1 is 1.19 bits per heavy atom. The van der Waals surface area contributed by atoms with E-state index < -0.39 is 0 Å². The van der Waals surface area contributed by atoms with Gasteiger partial charge in [-0.05, 0) is 37.0 Å². The molecule has 0 radical (unpaired) electrons. The number of imide groups is 1. The topological polar surface area (TPSA) is 37.4 Å². The maximum Gasteiger partial charge on any atom is 0.261 e. The Balaban J connectivity index is 1.98. The van der Waals surface area contributed by atoms with Crippen molar-refractivity contribution < 1.29 is 9.59 Å². The van der Waals surface area contributed by atoms with Gasteiger partial charge in [0.15, 0.2) is 0 Å². The first-order valence-corrected chi connectivity index (χ1v) is 5.70. The lowest BCUT2D eigenvalue weighted by Crippen LogP contribution is -2.31. The van der Waals surface area contributed by atoms with Gasteiger partial charge in [-0.1, -0.05) is 11.6 Å². The smallest absolute Gasteiger partial charge is 0.261 e. The van der Waals surface area contributed by atoms with E-state index in [1.807, 2.05) is 0 Å². The van der Waals surface area contributed by atoms with E-state index in [1.54, 1.807) is 18.2 Å². The van der Waals surface area contributed by atoms with Crippen LogP contribution in [0.15, 0.2) is 18.2 Å². The monoisotopic (exact) mass is 235 g/mol. The average molecular weight is 236 g/mol. The maximum atomic E-state index is 12.0. The third-order valence-corrected chi connectivity index (χ3v) is 3.31. The normalized spacial score (nSPS) is 19.2. The summed E-state index contributed by atoms with van der Waals surface area (Å²) in [4.78, 5) is 25.3. The molecule has 82 valence electrons. The number of carbonyl (C=O) groups is 2. The van der Waals surface area contributed by atoms with Gasteiger partial charge in [0.2, 0.25) is 0 Å². The van der Waals surface area contributed by atoms with Gasteiger partial charge in [0, 0.05) is 11.6 Å². The van der Waals surface area contributed by atoms with E-state index in [2.05, 4.69) is 0 Å². The fourth-order valence-electron chi connectivity index (χ4n) is 1.99. The van der Waals surface area contributed by atoms with Gasteiger partial charge in [0.25, 0.3) is 11.8 Å². The van der Waals surface area contributed by atoms with Crippen LogP contribution < -0.4 is 0 Å². The van der Waals surface area contributed by atoms with Crippen molar-refractivity contribution in [3.8, 4) is 0 Å². The van der Waals surface area contributed by atoms with Crippen molar-refractivity contribution in [3.05, 3.63) is 34.3 Å². The van der Waals surface area contributed by atoms with Crippen LogP contribution in [-0.4, -0.2) is 23.3 Å². The molecule has 1 aliphatic carbocycles. The molecule has 0 aromatic heterocycles. The molecule has 1 aromatic carbocycles. The zero-order valence-corrected chi connectivity index (χ0v) is 9.33. The number of rotatable bonds is 2. The van der Waals surface area contributed by atoms with Crippen LogP contribution in [-0.2, 0) is 0 Å². The molecule has 0 saturated heterocycles. The van der Waals surface area contributed by atoms with Crippen molar-refractivity contribution in [3.63, 3.8) is 0 Å². The Hall–Kier alpha value is -1.35. The minimum absolute atomic E-state index is 0.177. The molecule has 3 nitrogen and oxygen atoms in total. The molecule has 4 heteroatoms. The van der Waals surface area contributed by atoms with Gasteiger partial charge in [-0.25, -0.2) is 0 Å². The molecule has 0 bridgehead atoms. The number of fused-ring (bicyclic) bond motifs is 1. The van der Waals surface area contributed by atoms with E-state index in [-0.39, 0.29) is 11.8 Å². The highest BCUT2D eigenvalue weighted by molar-refractivity contribution is 6.32. The summed E-state index contributed by atoms with van der Waals surface area (Å²) in [6, 6.07) is 4.85. The fourth-order valence-corrected chi connectivity index (χ4v) is 2.16. The van der Waals surface area contributed by atoms with E-state index in [1.165, 1.54) is 4.90 Å². The molecule has 1 heterocycles. The second-order valence-corrected chi connectivity index (χ2v) is 4.79. The first kappa shape index (κ1) is 9.85. The number of halogens is 1. The van der Waals surface area contributed by atoms with E-state index in [4.69, 9.17) is 11.6 Å². The summed E-state index contributed by atoms with van der Waals surface area (Å²) in [6.45, 7) is 0.559. The van der Waals surface area contributed by atoms with Crippen molar-refractivity contribution in [2.45, 2.75) is 12.8 Å². The van der Waals surface area contributed by atoms with Crippen LogP contribution in [0.5, 0.6) is 0 Å². The van der Waals surface area contributed by atoms with Crippen LogP contribution in [0.25, 0.3) is 0 Å². The minimum Gasteiger partial charge on any atom is -0.274 e. The maximum absolute atomic E-state index is 12.0. The summed E-state index contributed by atoms with van der Waals surface area (Å²) in [5.41, 5.74) is 0.924. The van der Waals surface area contributed by atoms with Gasteiger partial charge in [-0.15, -0.1) is 0 Å². The van der Waals surface area contributed by atoms with Crippen LogP contribution in [0.1, 0.15) is 33.6 Å². The molecule has 2 aliphatic rings. The molecule has 0 atom stereocenters. The highest BCUT2D eigenvalue weighted by atomic mass is 35.5. The van der Waals surface area contributed by atoms with Crippen LogP contribution in [0, 0.1) is 5.92 Å². The predicted molar refractivity (Wildman–Crippen MR) is 59.5 cm³/mol. The van der Waals surface area contributed by atoms with Crippen molar-refractivity contribution in [1.29, 1.82) is 0 Å². The Morgan fingerprint density at radius 3 is 2.56 bits per heavy atom. The van der Waals surface area contributed by atoms with Crippen LogP contribution in [0.2, 0.25) is 5.02 Å². The SMILES string of the molecule is O=C1c2ccc(Cl)cc2C(=O)N1CC1CC1. The molecule has 1 saturated carbocycles. The number of nitrogens with zero attached hydrogens (tertiary/aromatic N) is 1. The van der Waals surface area contributed by atoms with E-state index in [0.717, 1.165) is 12.8 Å². The molecule has 1 aromatic rings. The minimum atomic E-state index is -0.200. The molecule has 0 spiro atoms. The first-order valence-electron chi connectivity index (χ1n) is 5.32. The summed E-state index contributed by atoms with van der Waals surface area (Å²) in [7, 11) is 0. The Labute approximate surface area is 98.0 Å². The molecule has 16 heavy (non-hydrogen) atoms. The van der Waals surface area contributed by atoms with Gasteiger partial charge in [-0.2, -0.15) is 0 Å². The number of amides is 2. The standard InChI is InChI=1S/C12H10ClNO2/c13-8-3-4-9-10(5-8)12(16)14(11(9)15)6-7-1-2-7/h3-5,7H,1-2,6H2. The van der Waals surface area contributed by atoms with Gasteiger partial charge < -0.3 is 0 Å². The molecule has 1 aliphatic heterocycles. The average Bonchev–Trinajstić information content (AvgIpc) is 3.04. The van der Waals surface area contributed by atoms with E-state index in [0.29, 0.717) is 28.6 Å². The highest BCUT2D eigenvalue weighted by Gasteiger charge is 2.38. The van der Waals surface area contributed by atoms with Crippen molar-refractivity contribution in [1.82, 2.24) is 4.90 Å². The van der Waals surface area contributed by atoms with Gasteiger partial charge in [0.05, 0.1) is 11.1 Å². The van der Waals surface area contributed by atoms with E-state index >= 15 is 0 Å². The lowest BCUT2D eigenvalue weighted by atomic mass is 10.1. The molecule has 2 amide bonds. The lowest BCUT2D eigenvalue weighted by molar-refractivity contribution is 0.0647. The fraction of sp³-hybridized carbons (Fsp3) is 0.333. The van der Waals surface area contributed by atoms with Gasteiger partial charge in [0.1, 0.15) is 0 Å². The summed E-state index contributed by atoms with van der Waals surface area (Å²) in [6.07, 6.45) is 2.24. The summed E-state index contributed by atoms with van der Waals surface area (Å²) < 4.78 is 0. The van der Waals surface area contributed by atoms with Gasteiger partial charge in [-0.3, -0.25) is 14.5 Å². The third-order valence-electron chi connectivity index (χ3n) is 3.07. The zero-order chi connectivity index (χ0) is 11.3. The summed E-state index contributed by atoms with van der Waals surface area (Å²) in [5, 5.41) is 0.494. The van der Waals surface area contributed by atoms with Crippen LogP contribution in [0.3, 0.4) is 0 Å². The van der Waals surface area contributed by atoms with Crippen LogP contribution in [0.4, 0.5) is 0 Å².